The summed E-state index contributed by atoms with van der Waals surface area (Å²) in [4.78, 5) is 32.5. The molecule has 0 saturated carbocycles. The quantitative estimate of drug-likeness (QED) is 0.341. The number of rotatable bonds is 6. The molecule has 0 amide bonds. The van der Waals surface area contributed by atoms with E-state index in [-0.39, 0.29) is 18.7 Å². The fourth-order valence-corrected chi connectivity index (χ4v) is 1.37. The molecule has 0 radical (unpaired) electrons. The lowest BCUT2D eigenvalue weighted by atomic mass is 9.98. The third-order valence-corrected chi connectivity index (χ3v) is 2.82. The molecule has 0 aliphatic rings. The van der Waals surface area contributed by atoms with Gasteiger partial charge in [-0.1, -0.05) is 6.92 Å². The first kappa shape index (κ1) is 15.6. The average molecular weight is 282 g/mol. The van der Waals surface area contributed by atoms with Gasteiger partial charge in [0.1, 0.15) is 6.61 Å². The first-order valence-corrected chi connectivity index (χ1v) is 5.74. The Morgan fingerprint density at radius 3 is 2.35 bits per heavy atom. The summed E-state index contributed by atoms with van der Waals surface area (Å²) in [7, 11) is 0. The van der Waals surface area contributed by atoms with Crippen molar-refractivity contribution in [3.8, 4) is 0 Å². The van der Waals surface area contributed by atoms with Crippen LogP contribution in [0.4, 0.5) is 5.69 Å². The van der Waals surface area contributed by atoms with E-state index < -0.39 is 22.4 Å². The van der Waals surface area contributed by atoms with Crippen LogP contribution in [0.5, 0.6) is 0 Å². The number of aliphatic carboxylic acids is 1. The van der Waals surface area contributed by atoms with Crippen LogP contribution in [0.25, 0.3) is 0 Å². The molecule has 0 aliphatic carbocycles. The Balaban J connectivity index is 2.69. The van der Waals surface area contributed by atoms with Gasteiger partial charge in [-0.2, -0.15) is 0 Å². The van der Waals surface area contributed by atoms with Gasteiger partial charge in [-0.3, -0.25) is 10.1 Å². The average Bonchev–Trinajstić information content (AvgIpc) is 2.43. The molecule has 3 N–H and O–H groups in total. The highest BCUT2D eigenvalue weighted by Gasteiger charge is 2.42. The molecule has 0 aromatic heterocycles. The van der Waals surface area contributed by atoms with Gasteiger partial charge in [-0.05, 0) is 24.1 Å². The van der Waals surface area contributed by atoms with Crippen molar-refractivity contribution in [1.29, 1.82) is 0 Å². The number of nitro groups is 1. The van der Waals surface area contributed by atoms with Crippen molar-refractivity contribution in [2.45, 2.75) is 25.5 Å². The number of hydrogen-bond donors (Lipinski definition) is 2. The number of carbonyl (C=O) groups is 2. The topological polar surface area (TPSA) is 133 Å². The van der Waals surface area contributed by atoms with Crippen LogP contribution in [-0.2, 0) is 20.9 Å². The minimum absolute atomic E-state index is 0.0904. The lowest BCUT2D eigenvalue weighted by Crippen LogP contribution is -2.55. The summed E-state index contributed by atoms with van der Waals surface area (Å²) in [6.45, 7) is 1.25. The van der Waals surface area contributed by atoms with Crippen LogP contribution in [0, 0.1) is 10.1 Å². The van der Waals surface area contributed by atoms with Crippen molar-refractivity contribution in [3.05, 3.63) is 39.9 Å². The lowest BCUT2D eigenvalue weighted by Gasteiger charge is -2.20. The van der Waals surface area contributed by atoms with E-state index in [1.807, 2.05) is 0 Å². The van der Waals surface area contributed by atoms with Gasteiger partial charge < -0.3 is 15.6 Å². The van der Waals surface area contributed by atoms with E-state index in [0.717, 1.165) is 0 Å². The molecule has 1 aromatic rings. The van der Waals surface area contributed by atoms with Crippen LogP contribution < -0.4 is 5.73 Å². The number of hydrogen-bond acceptors (Lipinski definition) is 6. The summed E-state index contributed by atoms with van der Waals surface area (Å²) < 4.78 is 4.83. The van der Waals surface area contributed by atoms with Crippen molar-refractivity contribution in [2.24, 2.45) is 5.73 Å². The van der Waals surface area contributed by atoms with Crippen LogP contribution in [0.15, 0.2) is 24.3 Å². The lowest BCUT2D eigenvalue weighted by molar-refractivity contribution is -0.384. The first-order valence-electron chi connectivity index (χ1n) is 5.74. The molecule has 0 bridgehead atoms. The Kier molecular flexibility index (Phi) is 4.76. The predicted octanol–water partition coefficient (Wildman–Crippen LogP) is 0.830. The van der Waals surface area contributed by atoms with Crippen molar-refractivity contribution in [2.75, 3.05) is 0 Å². The summed E-state index contributed by atoms with van der Waals surface area (Å²) in [5.74, 6) is -2.51. The number of ether oxygens (including phenoxy) is 1. The van der Waals surface area contributed by atoms with Crippen molar-refractivity contribution in [3.63, 3.8) is 0 Å². The highest BCUT2D eigenvalue weighted by molar-refractivity contribution is 6.03. The molecule has 1 rings (SSSR count). The van der Waals surface area contributed by atoms with Crippen LogP contribution in [0.1, 0.15) is 18.9 Å². The molecule has 1 atom stereocenters. The Morgan fingerprint density at radius 2 is 1.95 bits per heavy atom. The normalized spacial score (nSPS) is 13.3. The van der Waals surface area contributed by atoms with Gasteiger partial charge in [0.15, 0.2) is 0 Å². The third-order valence-electron chi connectivity index (χ3n) is 2.82. The molecule has 0 heterocycles. The standard InChI is InChI=1S/C12H14N2O6/c1-2-12(13,10(15)16)11(17)20-7-8-3-5-9(6-4-8)14(18)19/h3-6H,2,7,13H2,1H3,(H,15,16). The maximum atomic E-state index is 11.6. The van der Waals surface area contributed by atoms with E-state index in [2.05, 4.69) is 0 Å². The summed E-state index contributed by atoms with van der Waals surface area (Å²) >= 11 is 0. The van der Waals surface area contributed by atoms with Crippen LogP contribution in [0.2, 0.25) is 0 Å². The Bertz CT molecular complexity index is 527. The zero-order chi connectivity index (χ0) is 15.3. The van der Waals surface area contributed by atoms with Gasteiger partial charge in [-0.25, -0.2) is 9.59 Å². The van der Waals surface area contributed by atoms with Gasteiger partial charge >= 0.3 is 11.9 Å². The zero-order valence-electron chi connectivity index (χ0n) is 10.7. The molecular weight excluding hydrogens is 268 g/mol. The second kappa shape index (κ2) is 6.11. The van der Waals surface area contributed by atoms with Gasteiger partial charge in [0, 0.05) is 12.1 Å². The number of carboxylic acids is 1. The van der Waals surface area contributed by atoms with Gasteiger partial charge in [0.05, 0.1) is 4.92 Å². The summed E-state index contributed by atoms with van der Waals surface area (Å²) in [6, 6.07) is 5.35. The molecule has 8 nitrogen and oxygen atoms in total. The van der Waals surface area contributed by atoms with E-state index >= 15 is 0 Å². The van der Waals surface area contributed by atoms with Gasteiger partial charge in [-0.15, -0.1) is 0 Å². The Hall–Kier alpha value is -2.48. The zero-order valence-corrected chi connectivity index (χ0v) is 10.7. The van der Waals surface area contributed by atoms with Crippen molar-refractivity contribution in [1.82, 2.24) is 0 Å². The largest absolute Gasteiger partial charge is 0.479 e. The number of carboxylic acid groups (broad SMARTS) is 1. The molecule has 0 saturated heterocycles. The monoisotopic (exact) mass is 282 g/mol. The number of benzene rings is 1. The number of nitrogens with zero attached hydrogens (tertiary/aromatic N) is 1. The van der Waals surface area contributed by atoms with E-state index in [1.165, 1.54) is 31.2 Å². The minimum atomic E-state index is -2.08. The van der Waals surface area contributed by atoms with Gasteiger partial charge in [0.2, 0.25) is 5.54 Å². The number of nitrogens with two attached hydrogens (primary N) is 1. The van der Waals surface area contributed by atoms with E-state index in [4.69, 9.17) is 15.6 Å². The summed E-state index contributed by atoms with van der Waals surface area (Å²) in [6.07, 6.45) is -0.110. The first-order chi connectivity index (χ1) is 9.31. The van der Waals surface area contributed by atoms with Crippen LogP contribution in [0.3, 0.4) is 0 Å². The molecule has 1 unspecified atom stereocenters. The highest BCUT2D eigenvalue weighted by atomic mass is 16.6. The fourth-order valence-electron chi connectivity index (χ4n) is 1.37. The number of carbonyl (C=O) groups excluding carboxylic acids is 1. The molecule has 8 heteroatoms. The van der Waals surface area contributed by atoms with Gasteiger partial charge in [0.25, 0.3) is 5.69 Å². The third kappa shape index (κ3) is 3.29. The molecule has 108 valence electrons. The maximum Gasteiger partial charge on any atom is 0.338 e. The minimum Gasteiger partial charge on any atom is -0.479 e. The molecular formula is C12H14N2O6. The molecule has 0 aliphatic heterocycles. The Labute approximate surface area is 114 Å². The van der Waals surface area contributed by atoms with E-state index in [1.54, 1.807) is 0 Å². The second-order valence-corrected chi connectivity index (χ2v) is 4.13. The molecule has 1 aromatic carbocycles. The SMILES string of the molecule is CCC(N)(C(=O)O)C(=O)OCc1ccc([N+](=O)[O-])cc1. The predicted molar refractivity (Wildman–Crippen MR) is 67.7 cm³/mol. The number of nitro benzene ring substituents is 1. The molecule has 0 spiro atoms. The van der Waals surface area contributed by atoms with Crippen molar-refractivity contribution >= 4 is 17.6 Å². The number of esters is 1. The summed E-state index contributed by atoms with van der Waals surface area (Å²) in [5, 5.41) is 19.4. The Morgan fingerprint density at radius 1 is 1.40 bits per heavy atom. The maximum absolute atomic E-state index is 11.6. The van der Waals surface area contributed by atoms with Crippen molar-refractivity contribution < 1.29 is 24.4 Å². The van der Waals surface area contributed by atoms with Crippen LogP contribution in [-0.4, -0.2) is 27.5 Å². The second-order valence-electron chi connectivity index (χ2n) is 4.13. The summed E-state index contributed by atoms with van der Waals surface area (Å²) in [5.41, 5.74) is 3.77. The van der Waals surface area contributed by atoms with E-state index in [9.17, 15) is 19.7 Å². The molecule has 20 heavy (non-hydrogen) atoms. The highest BCUT2D eigenvalue weighted by Crippen LogP contribution is 2.14. The molecule has 0 fully saturated rings. The smallest absolute Gasteiger partial charge is 0.338 e. The van der Waals surface area contributed by atoms with E-state index in [0.29, 0.717) is 5.56 Å². The fraction of sp³-hybridized carbons (Fsp3) is 0.333. The van der Waals surface area contributed by atoms with Crippen LogP contribution >= 0.6 is 0 Å². The number of non-ortho nitro benzene ring substituents is 1.